The third-order valence-corrected chi connectivity index (χ3v) is 3.62. The largest absolute Gasteiger partial charge is 0.488 e. The van der Waals surface area contributed by atoms with Gasteiger partial charge in [0.15, 0.2) is 5.75 Å². The molecular weight excluding hydrogens is 286 g/mol. The second-order valence-electron chi connectivity index (χ2n) is 4.00. The fourth-order valence-electron chi connectivity index (χ4n) is 2.18. The van der Waals surface area contributed by atoms with E-state index in [1.54, 1.807) is 10.6 Å². The monoisotopic (exact) mass is 295 g/mol. The molecule has 1 N–H and O–H groups in total. The molecule has 1 aliphatic heterocycles. The number of pyridine rings is 1. The van der Waals surface area contributed by atoms with Crippen molar-refractivity contribution in [3.05, 3.63) is 39.1 Å². The Hall–Kier alpha value is -1.33. The van der Waals surface area contributed by atoms with Gasteiger partial charge in [0.05, 0.1) is 22.6 Å². The predicted octanol–water partition coefficient (Wildman–Crippen LogP) is 1.69. The van der Waals surface area contributed by atoms with Crippen LogP contribution in [0.2, 0.25) is 0 Å². The fraction of sp³-hybridized carbons (Fsp3) is 0.250. The molecule has 1 unspecified atom stereocenters. The molecule has 4 nitrogen and oxygen atoms in total. The lowest BCUT2D eigenvalue weighted by Gasteiger charge is -2.27. The van der Waals surface area contributed by atoms with Crippen LogP contribution >= 0.6 is 15.9 Å². The topological polar surface area (TPSA) is 51.5 Å². The summed E-state index contributed by atoms with van der Waals surface area (Å²) in [5.74, 6) is 0.671. The first-order chi connectivity index (χ1) is 8.22. The van der Waals surface area contributed by atoms with Crippen molar-refractivity contribution in [3.63, 3.8) is 0 Å². The summed E-state index contributed by atoms with van der Waals surface area (Å²) in [6.07, 6.45) is 0. The molecule has 5 heteroatoms. The standard InChI is InChI=1S/C12H10BrNO3/c13-9-3-1-7-2-4-10(16)14-8(5-15)6-17-12(9)11(7)14/h1-4,8,15H,5-6H2. The van der Waals surface area contributed by atoms with Gasteiger partial charge in [-0.1, -0.05) is 6.07 Å². The van der Waals surface area contributed by atoms with Crippen LogP contribution in [0.15, 0.2) is 33.5 Å². The third-order valence-electron chi connectivity index (χ3n) is 2.99. The molecule has 0 saturated heterocycles. The highest BCUT2D eigenvalue weighted by molar-refractivity contribution is 9.10. The Labute approximate surface area is 106 Å². The molecular formula is C12H10BrNO3. The lowest BCUT2D eigenvalue weighted by atomic mass is 10.1. The maximum atomic E-state index is 11.9. The van der Waals surface area contributed by atoms with E-state index in [4.69, 9.17) is 4.74 Å². The molecule has 0 fully saturated rings. The molecule has 1 atom stereocenters. The molecule has 0 bridgehead atoms. The number of halogens is 1. The van der Waals surface area contributed by atoms with E-state index < -0.39 is 0 Å². The Balaban J connectivity index is 2.48. The Morgan fingerprint density at radius 1 is 1.41 bits per heavy atom. The first-order valence-corrected chi connectivity index (χ1v) is 6.09. The maximum Gasteiger partial charge on any atom is 0.251 e. The molecule has 1 aromatic heterocycles. The smallest absolute Gasteiger partial charge is 0.251 e. The Morgan fingerprint density at radius 2 is 2.18 bits per heavy atom. The summed E-state index contributed by atoms with van der Waals surface area (Å²) in [5.41, 5.74) is 0.636. The minimum absolute atomic E-state index is 0.106. The molecule has 2 heterocycles. The maximum absolute atomic E-state index is 11.9. The van der Waals surface area contributed by atoms with E-state index >= 15 is 0 Å². The van der Waals surface area contributed by atoms with Gasteiger partial charge in [-0.2, -0.15) is 0 Å². The number of aliphatic hydroxyl groups is 1. The zero-order chi connectivity index (χ0) is 12.0. The van der Waals surface area contributed by atoms with Crippen molar-refractivity contribution in [1.29, 1.82) is 0 Å². The average Bonchev–Trinajstić information content (AvgIpc) is 2.36. The summed E-state index contributed by atoms with van der Waals surface area (Å²) in [6, 6.07) is 6.79. The molecule has 0 spiro atoms. The summed E-state index contributed by atoms with van der Waals surface area (Å²) >= 11 is 3.41. The van der Waals surface area contributed by atoms with Crippen LogP contribution in [0.5, 0.6) is 5.75 Å². The van der Waals surface area contributed by atoms with Crippen LogP contribution in [-0.4, -0.2) is 22.9 Å². The van der Waals surface area contributed by atoms with Gasteiger partial charge < -0.3 is 9.84 Å². The van der Waals surface area contributed by atoms with Gasteiger partial charge in [0, 0.05) is 11.5 Å². The summed E-state index contributed by atoms with van der Waals surface area (Å²) in [6.45, 7) is 0.204. The minimum atomic E-state index is -0.312. The molecule has 0 amide bonds. The SMILES string of the molecule is O=c1ccc2ccc(Br)c3c2n1C(CO)CO3. The lowest BCUT2D eigenvalue weighted by Crippen LogP contribution is -2.33. The molecule has 88 valence electrons. The Morgan fingerprint density at radius 3 is 2.94 bits per heavy atom. The second-order valence-corrected chi connectivity index (χ2v) is 4.86. The van der Waals surface area contributed by atoms with E-state index in [0.29, 0.717) is 12.4 Å². The normalized spacial score (nSPS) is 18.1. The molecule has 1 aliphatic rings. The van der Waals surface area contributed by atoms with E-state index in [1.165, 1.54) is 6.07 Å². The van der Waals surface area contributed by atoms with Crippen molar-refractivity contribution < 1.29 is 9.84 Å². The van der Waals surface area contributed by atoms with Gasteiger partial charge >= 0.3 is 0 Å². The number of rotatable bonds is 1. The molecule has 2 aromatic rings. The zero-order valence-corrected chi connectivity index (χ0v) is 10.5. The van der Waals surface area contributed by atoms with Gasteiger partial charge in [-0.3, -0.25) is 9.36 Å². The Bertz CT molecular complexity index is 650. The van der Waals surface area contributed by atoms with Crippen molar-refractivity contribution in [1.82, 2.24) is 4.57 Å². The molecule has 17 heavy (non-hydrogen) atoms. The first-order valence-electron chi connectivity index (χ1n) is 5.30. The van der Waals surface area contributed by atoms with Crippen LogP contribution in [0.1, 0.15) is 6.04 Å². The number of aliphatic hydroxyl groups excluding tert-OH is 1. The fourth-order valence-corrected chi connectivity index (χ4v) is 2.62. The van der Waals surface area contributed by atoms with E-state index in [2.05, 4.69) is 15.9 Å². The van der Waals surface area contributed by atoms with Gasteiger partial charge in [0.2, 0.25) is 0 Å². The van der Waals surface area contributed by atoms with Crippen molar-refractivity contribution in [3.8, 4) is 5.75 Å². The highest BCUT2D eigenvalue weighted by Crippen LogP contribution is 2.37. The van der Waals surface area contributed by atoms with Crippen LogP contribution in [0.25, 0.3) is 10.9 Å². The highest BCUT2D eigenvalue weighted by atomic mass is 79.9. The second kappa shape index (κ2) is 3.85. The summed E-state index contributed by atoms with van der Waals surface area (Å²) < 4.78 is 8.05. The van der Waals surface area contributed by atoms with Gasteiger partial charge in [-0.05, 0) is 28.1 Å². The number of aromatic nitrogens is 1. The quantitative estimate of drug-likeness (QED) is 0.871. The summed E-state index contributed by atoms with van der Waals surface area (Å²) in [4.78, 5) is 11.9. The third kappa shape index (κ3) is 1.50. The molecule has 0 aliphatic carbocycles. The number of ether oxygens (including phenoxy) is 1. The summed E-state index contributed by atoms with van der Waals surface area (Å²) in [5, 5.41) is 10.2. The zero-order valence-electron chi connectivity index (χ0n) is 8.89. The number of hydrogen-bond donors (Lipinski definition) is 1. The number of benzene rings is 1. The van der Waals surface area contributed by atoms with Crippen molar-refractivity contribution in [2.75, 3.05) is 13.2 Å². The van der Waals surface area contributed by atoms with Crippen molar-refractivity contribution >= 4 is 26.8 Å². The van der Waals surface area contributed by atoms with Crippen LogP contribution in [0.3, 0.4) is 0 Å². The van der Waals surface area contributed by atoms with Crippen LogP contribution < -0.4 is 10.3 Å². The van der Waals surface area contributed by atoms with Gasteiger partial charge in [-0.15, -0.1) is 0 Å². The van der Waals surface area contributed by atoms with E-state index in [0.717, 1.165) is 15.4 Å². The summed E-state index contributed by atoms with van der Waals surface area (Å²) in [7, 11) is 0. The average molecular weight is 296 g/mol. The van der Waals surface area contributed by atoms with Gasteiger partial charge in [-0.25, -0.2) is 0 Å². The molecule has 3 rings (SSSR count). The molecule has 1 aromatic carbocycles. The molecule has 0 saturated carbocycles. The van der Waals surface area contributed by atoms with Crippen molar-refractivity contribution in [2.24, 2.45) is 0 Å². The number of hydrogen-bond acceptors (Lipinski definition) is 3. The Kier molecular flexibility index (Phi) is 2.45. The number of nitrogens with zero attached hydrogens (tertiary/aromatic N) is 1. The highest BCUT2D eigenvalue weighted by Gasteiger charge is 2.24. The lowest BCUT2D eigenvalue weighted by molar-refractivity contribution is 0.156. The minimum Gasteiger partial charge on any atom is -0.488 e. The van der Waals surface area contributed by atoms with E-state index in [9.17, 15) is 9.90 Å². The van der Waals surface area contributed by atoms with E-state index in [-0.39, 0.29) is 18.2 Å². The predicted molar refractivity (Wildman–Crippen MR) is 67.5 cm³/mol. The first kappa shape index (κ1) is 10.8. The van der Waals surface area contributed by atoms with Crippen LogP contribution in [0.4, 0.5) is 0 Å². The van der Waals surface area contributed by atoms with Crippen molar-refractivity contribution in [2.45, 2.75) is 6.04 Å². The van der Waals surface area contributed by atoms with Crippen LogP contribution in [-0.2, 0) is 0 Å². The van der Waals surface area contributed by atoms with E-state index in [1.807, 2.05) is 12.1 Å². The van der Waals surface area contributed by atoms with Gasteiger partial charge in [0.1, 0.15) is 6.61 Å². The van der Waals surface area contributed by atoms with Crippen LogP contribution in [0, 0.1) is 0 Å². The molecule has 0 radical (unpaired) electrons. The van der Waals surface area contributed by atoms with Gasteiger partial charge in [0.25, 0.3) is 5.56 Å².